The Bertz CT molecular complexity index is 890. The number of benzene rings is 1. The minimum absolute atomic E-state index is 0.0727. The zero-order valence-corrected chi connectivity index (χ0v) is 15.6. The molecule has 1 saturated heterocycles. The number of hydrogen-bond donors (Lipinski definition) is 3. The smallest absolute Gasteiger partial charge is 0.444 e. The first-order valence-electron chi connectivity index (χ1n) is 9.49. The Morgan fingerprint density at radius 3 is 2.43 bits per heavy atom. The number of nitrogens with two attached hydrogens (primary N) is 1. The van der Waals surface area contributed by atoms with Crippen LogP contribution in [0.25, 0.3) is 11.1 Å². The van der Waals surface area contributed by atoms with Gasteiger partial charge in [0.05, 0.1) is 18.1 Å². The van der Waals surface area contributed by atoms with Gasteiger partial charge in [0, 0.05) is 24.5 Å². The monoisotopic (exact) mass is 381 g/mol. The van der Waals surface area contributed by atoms with E-state index in [4.69, 9.17) is 16.2 Å². The number of aliphatic hydroxyl groups is 1. The fourth-order valence-corrected chi connectivity index (χ4v) is 3.88. The van der Waals surface area contributed by atoms with Gasteiger partial charge in [-0.25, -0.2) is 9.97 Å². The Hall–Kier alpha value is -3.00. The van der Waals surface area contributed by atoms with E-state index in [9.17, 15) is 5.11 Å². The van der Waals surface area contributed by atoms with Crippen molar-refractivity contribution in [1.29, 1.82) is 5.41 Å². The van der Waals surface area contributed by atoms with Gasteiger partial charge in [-0.15, -0.1) is 4.99 Å². The molecule has 6 N–H and O–H groups in total. The first-order valence-corrected chi connectivity index (χ1v) is 9.49. The summed E-state index contributed by atoms with van der Waals surface area (Å²) in [7, 11) is 0. The lowest BCUT2D eigenvalue weighted by Gasteiger charge is -2.41. The van der Waals surface area contributed by atoms with E-state index in [1.54, 1.807) is 17.3 Å². The van der Waals surface area contributed by atoms with Crippen molar-refractivity contribution in [1.82, 2.24) is 14.9 Å². The molecule has 2 fully saturated rings. The molecule has 1 atom stereocenters. The third-order valence-corrected chi connectivity index (χ3v) is 5.78. The number of β-amino-alcohol motifs (C(OH)–C–C–N with tert-alkyl or cyclic N) is 1. The maximum absolute atomic E-state index is 9.66. The summed E-state index contributed by atoms with van der Waals surface area (Å²) in [6, 6.07) is 8.12. The van der Waals surface area contributed by atoms with Gasteiger partial charge in [-0.3, -0.25) is 10.3 Å². The number of likely N-dealkylation sites (tertiary alicyclic amines) is 1. The maximum Gasteiger partial charge on any atom is 0.444 e. The standard InChI is InChI=1S/C20H24N6O2/c21-17(25-19(28)26-9-6-16(27)12-26)20(7-1-8-20)15-4-2-13(3-5-15)14-10-23-18(22)24-11-14/h2-5,10-11,16,27H,1,6-9,12H2,(H2,21,25,28)(H2,22,23,24)/p+1/t16-/m1/s1. The minimum atomic E-state index is -0.430. The molecule has 1 saturated carbocycles. The van der Waals surface area contributed by atoms with Gasteiger partial charge < -0.3 is 15.9 Å². The molecule has 1 aliphatic carbocycles. The summed E-state index contributed by atoms with van der Waals surface area (Å²) in [6.07, 6.45) is 6.38. The Morgan fingerprint density at radius 1 is 1.21 bits per heavy atom. The van der Waals surface area contributed by atoms with Crippen LogP contribution >= 0.6 is 0 Å². The lowest BCUT2D eigenvalue weighted by Crippen LogP contribution is -2.42. The van der Waals surface area contributed by atoms with Gasteiger partial charge in [-0.1, -0.05) is 30.7 Å². The molecule has 146 valence electrons. The normalized spacial score (nSPS) is 21.4. The SMILES string of the molecule is N=C(N=C([OH2+])N1CC[C@@H](O)C1)C1(c2ccc(-c3cnc(N)nc3)cc2)CCC1. The second-order valence-corrected chi connectivity index (χ2v) is 7.52. The van der Waals surface area contributed by atoms with Gasteiger partial charge in [0.15, 0.2) is 0 Å². The molecule has 1 aromatic carbocycles. The Kier molecular flexibility index (Phi) is 4.72. The molecule has 1 aromatic heterocycles. The summed E-state index contributed by atoms with van der Waals surface area (Å²) in [4.78, 5) is 14.1. The maximum atomic E-state index is 9.66. The zero-order valence-electron chi connectivity index (χ0n) is 15.6. The molecule has 0 bridgehead atoms. The number of nitrogens with one attached hydrogen (secondary N) is 1. The molecular weight excluding hydrogens is 356 g/mol. The van der Waals surface area contributed by atoms with Crippen LogP contribution in [0, 0.1) is 5.41 Å². The highest BCUT2D eigenvalue weighted by Gasteiger charge is 2.44. The van der Waals surface area contributed by atoms with E-state index in [0.29, 0.717) is 19.5 Å². The van der Waals surface area contributed by atoms with Crippen molar-refractivity contribution in [2.24, 2.45) is 4.99 Å². The van der Waals surface area contributed by atoms with Crippen molar-refractivity contribution in [3.05, 3.63) is 42.2 Å². The van der Waals surface area contributed by atoms with Crippen LogP contribution in [-0.4, -0.2) is 56.1 Å². The summed E-state index contributed by atoms with van der Waals surface area (Å²) in [6.45, 7) is 1.03. The number of aromatic nitrogens is 2. The van der Waals surface area contributed by atoms with Crippen molar-refractivity contribution in [2.45, 2.75) is 37.2 Å². The van der Waals surface area contributed by atoms with Gasteiger partial charge in [0.25, 0.3) is 0 Å². The van der Waals surface area contributed by atoms with Crippen LogP contribution in [0.4, 0.5) is 5.95 Å². The van der Waals surface area contributed by atoms with Gasteiger partial charge >= 0.3 is 6.02 Å². The zero-order chi connectivity index (χ0) is 19.7. The molecule has 1 aliphatic heterocycles. The van der Waals surface area contributed by atoms with Gasteiger partial charge in [-0.2, -0.15) is 0 Å². The lowest BCUT2D eigenvalue weighted by molar-refractivity contribution is 0.185. The van der Waals surface area contributed by atoms with Crippen molar-refractivity contribution in [2.75, 3.05) is 18.8 Å². The van der Waals surface area contributed by atoms with Crippen LogP contribution in [0.5, 0.6) is 0 Å². The molecule has 2 aliphatic rings. The molecule has 0 amide bonds. The summed E-state index contributed by atoms with van der Waals surface area (Å²) in [5.74, 6) is 0.477. The Morgan fingerprint density at radius 2 is 1.89 bits per heavy atom. The molecule has 28 heavy (non-hydrogen) atoms. The number of aliphatic hydroxyl groups excluding tert-OH is 1. The third-order valence-electron chi connectivity index (χ3n) is 5.78. The second-order valence-electron chi connectivity index (χ2n) is 7.52. The highest BCUT2D eigenvalue weighted by atomic mass is 16.3. The lowest BCUT2D eigenvalue weighted by atomic mass is 9.63. The first kappa shape index (κ1) is 18.4. The second kappa shape index (κ2) is 7.20. The van der Waals surface area contributed by atoms with Crippen molar-refractivity contribution in [3.8, 4) is 11.1 Å². The average Bonchev–Trinajstić information content (AvgIpc) is 3.09. The number of nitrogen functional groups attached to an aromatic ring is 1. The fraction of sp³-hybridized carbons (Fsp3) is 0.400. The minimum Gasteiger partial charge on any atom is -0.565 e. The average molecular weight is 381 g/mol. The van der Waals surface area contributed by atoms with Crippen LogP contribution in [0.15, 0.2) is 41.7 Å². The summed E-state index contributed by atoms with van der Waals surface area (Å²) >= 11 is 0. The van der Waals surface area contributed by atoms with E-state index in [1.807, 2.05) is 24.3 Å². The quantitative estimate of drug-likeness (QED) is 0.418. The molecule has 0 spiro atoms. The number of rotatable bonds is 3. The van der Waals surface area contributed by atoms with Crippen molar-refractivity contribution < 1.29 is 10.2 Å². The summed E-state index contributed by atoms with van der Waals surface area (Å²) < 4.78 is 0. The van der Waals surface area contributed by atoms with Crippen molar-refractivity contribution in [3.63, 3.8) is 0 Å². The molecule has 8 nitrogen and oxygen atoms in total. The Labute approximate surface area is 163 Å². The molecular formula is C20H25N6O2+. The van der Waals surface area contributed by atoms with Gasteiger partial charge in [0.1, 0.15) is 5.84 Å². The van der Waals surface area contributed by atoms with Crippen molar-refractivity contribution >= 4 is 17.8 Å². The largest absolute Gasteiger partial charge is 0.565 e. The molecule has 4 rings (SSSR count). The predicted octanol–water partition coefficient (Wildman–Crippen LogP) is 1.27. The Balaban J connectivity index is 1.55. The number of nitrogens with zero attached hydrogens (tertiary/aromatic N) is 4. The third kappa shape index (κ3) is 3.31. The highest BCUT2D eigenvalue weighted by molar-refractivity contribution is 5.99. The number of hydrogen-bond acceptors (Lipinski definition) is 5. The molecule has 0 unspecified atom stereocenters. The summed E-state index contributed by atoms with van der Waals surface area (Å²) in [5.41, 5.74) is 8.03. The fourth-order valence-electron chi connectivity index (χ4n) is 3.88. The van der Waals surface area contributed by atoms with E-state index < -0.39 is 11.5 Å². The molecule has 0 radical (unpaired) electrons. The van der Waals surface area contributed by atoms with Crippen LogP contribution in [-0.2, 0) is 5.41 Å². The van der Waals surface area contributed by atoms with Gasteiger partial charge in [-0.05, 0) is 30.4 Å². The van der Waals surface area contributed by atoms with E-state index in [1.165, 1.54) is 0 Å². The van der Waals surface area contributed by atoms with Crippen LogP contribution in [0.2, 0.25) is 0 Å². The predicted molar refractivity (Wildman–Crippen MR) is 108 cm³/mol. The van der Waals surface area contributed by atoms with Crippen LogP contribution < -0.4 is 5.73 Å². The number of anilines is 1. The molecule has 8 heteroatoms. The van der Waals surface area contributed by atoms with E-state index >= 15 is 0 Å². The highest BCUT2D eigenvalue weighted by Crippen LogP contribution is 2.45. The first-order chi connectivity index (χ1) is 13.5. The summed E-state index contributed by atoms with van der Waals surface area (Å²) in [5, 5.41) is 26.4. The van der Waals surface area contributed by atoms with E-state index in [-0.39, 0.29) is 17.8 Å². The number of aliphatic imine (C=N–C) groups is 1. The molecule has 2 heterocycles. The van der Waals surface area contributed by atoms with E-state index in [0.717, 1.165) is 36.0 Å². The van der Waals surface area contributed by atoms with E-state index in [2.05, 4.69) is 15.0 Å². The van der Waals surface area contributed by atoms with Gasteiger partial charge in [0.2, 0.25) is 5.95 Å². The number of amidine groups is 2. The molecule has 2 aromatic rings. The van der Waals surface area contributed by atoms with Crippen LogP contribution in [0.1, 0.15) is 31.2 Å². The topological polar surface area (TPSA) is 134 Å². The van der Waals surface area contributed by atoms with Crippen LogP contribution in [0.3, 0.4) is 0 Å².